The van der Waals surface area contributed by atoms with Gasteiger partial charge in [0, 0.05) is 33.1 Å². The fourth-order valence-corrected chi connectivity index (χ4v) is 5.04. The Hall–Kier alpha value is -3.71. The number of carbonyl (C=O) groups is 3. The SMILES string of the molecule is CCNc1nc2c(SCc3ccccc3)ncnc2n1[C@@H]1O[C@H](COC(C)=O)[C@@H](OC(C)=O)[C@H]1OC(C)=O. The predicted octanol–water partition coefficient (Wildman–Crippen LogP) is 2.87. The van der Waals surface area contributed by atoms with Crippen LogP contribution in [0.4, 0.5) is 5.95 Å². The number of nitrogens with one attached hydrogen (secondary N) is 1. The Balaban J connectivity index is 1.76. The first-order valence-corrected chi connectivity index (χ1v) is 13.0. The summed E-state index contributed by atoms with van der Waals surface area (Å²) in [7, 11) is 0. The lowest BCUT2D eigenvalue weighted by Crippen LogP contribution is -2.40. The van der Waals surface area contributed by atoms with Crippen molar-refractivity contribution in [3.63, 3.8) is 0 Å². The smallest absolute Gasteiger partial charge is 0.303 e. The molecule has 202 valence electrons. The third kappa shape index (κ3) is 6.22. The van der Waals surface area contributed by atoms with E-state index in [0.29, 0.717) is 34.4 Å². The fourth-order valence-electron chi connectivity index (χ4n) is 4.14. The summed E-state index contributed by atoms with van der Waals surface area (Å²) in [6.07, 6.45) is -2.58. The summed E-state index contributed by atoms with van der Waals surface area (Å²) in [6, 6.07) is 9.97. The molecule has 1 fully saturated rings. The molecule has 4 rings (SSSR count). The second-order valence-corrected chi connectivity index (χ2v) is 9.44. The molecule has 38 heavy (non-hydrogen) atoms. The van der Waals surface area contributed by atoms with E-state index in [0.717, 1.165) is 5.56 Å². The molecular formula is C25H29N5O7S. The van der Waals surface area contributed by atoms with Crippen molar-refractivity contribution in [2.45, 2.75) is 63.0 Å². The third-order valence-electron chi connectivity index (χ3n) is 5.59. The summed E-state index contributed by atoms with van der Waals surface area (Å²) in [5.41, 5.74) is 2.09. The van der Waals surface area contributed by atoms with Crippen molar-refractivity contribution in [3.8, 4) is 0 Å². The number of fused-ring (bicyclic) bond motifs is 1. The first-order chi connectivity index (χ1) is 18.3. The van der Waals surface area contributed by atoms with Crippen molar-refractivity contribution < 1.29 is 33.3 Å². The molecule has 0 saturated carbocycles. The molecule has 3 heterocycles. The highest BCUT2D eigenvalue weighted by Gasteiger charge is 2.51. The Morgan fingerprint density at radius 3 is 2.39 bits per heavy atom. The molecule has 12 nitrogen and oxygen atoms in total. The van der Waals surface area contributed by atoms with Gasteiger partial charge in [0.15, 0.2) is 24.1 Å². The summed E-state index contributed by atoms with van der Waals surface area (Å²) >= 11 is 1.51. The number of carbonyl (C=O) groups excluding carboxylic acids is 3. The number of anilines is 1. The predicted molar refractivity (Wildman–Crippen MR) is 137 cm³/mol. The number of hydrogen-bond acceptors (Lipinski definition) is 12. The van der Waals surface area contributed by atoms with Gasteiger partial charge < -0.3 is 24.3 Å². The monoisotopic (exact) mass is 543 g/mol. The van der Waals surface area contributed by atoms with Crippen molar-refractivity contribution in [1.82, 2.24) is 19.5 Å². The summed E-state index contributed by atoms with van der Waals surface area (Å²) in [5.74, 6) is -0.658. The van der Waals surface area contributed by atoms with Gasteiger partial charge in [-0.05, 0) is 12.5 Å². The summed E-state index contributed by atoms with van der Waals surface area (Å²) in [6.45, 7) is 5.97. The third-order valence-corrected chi connectivity index (χ3v) is 6.64. The Bertz CT molecular complexity index is 1300. The van der Waals surface area contributed by atoms with Crippen molar-refractivity contribution in [1.29, 1.82) is 0 Å². The van der Waals surface area contributed by atoms with Gasteiger partial charge in [-0.2, -0.15) is 0 Å². The summed E-state index contributed by atoms with van der Waals surface area (Å²) in [4.78, 5) is 49.2. The molecular weight excluding hydrogens is 514 g/mol. The minimum absolute atomic E-state index is 0.210. The van der Waals surface area contributed by atoms with E-state index in [9.17, 15) is 14.4 Å². The van der Waals surface area contributed by atoms with Crippen LogP contribution in [-0.2, 0) is 39.1 Å². The summed E-state index contributed by atoms with van der Waals surface area (Å²) in [5, 5.41) is 3.86. The number of benzene rings is 1. The molecule has 1 aliphatic rings. The van der Waals surface area contributed by atoms with E-state index in [1.54, 1.807) is 4.57 Å². The molecule has 0 amide bonds. The van der Waals surface area contributed by atoms with Gasteiger partial charge in [-0.15, -0.1) is 0 Å². The number of esters is 3. The van der Waals surface area contributed by atoms with Gasteiger partial charge in [-0.1, -0.05) is 42.1 Å². The molecule has 0 spiro atoms. The first-order valence-electron chi connectivity index (χ1n) is 12.0. The van der Waals surface area contributed by atoms with Crippen LogP contribution in [0.5, 0.6) is 0 Å². The maximum Gasteiger partial charge on any atom is 0.303 e. The molecule has 0 unspecified atom stereocenters. The lowest BCUT2D eigenvalue weighted by atomic mass is 10.1. The highest BCUT2D eigenvalue weighted by Crippen LogP contribution is 2.39. The quantitative estimate of drug-likeness (QED) is 0.174. The fraction of sp³-hybridized carbons (Fsp3) is 0.440. The standard InChI is InChI=1S/C25H29N5O7S/c1-5-26-25-29-19-22(27-13-28-23(19)38-12-17-9-7-6-8-10-17)30(25)24-21(36-16(4)33)20(35-15(3)32)18(37-24)11-34-14(2)31/h6-10,13,18,20-21,24H,5,11-12H2,1-4H3,(H,26,29)/t18-,20-,21-,24-/m1/s1. The average Bonchev–Trinajstić information content (AvgIpc) is 3.39. The molecule has 1 N–H and O–H groups in total. The van der Waals surface area contributed by atoms with E-state index >= 15 is 0 Å². The van der Waals surface area contributed by atoms with Crippen LogP contribution in [0.3, 0.4) is 0 Å². The molecule has 1 saturated heterocycles. The maximum absolute atomic E-state index is 12.1. The van der Waals surface area contributed by atoms with E-state index in [2.05, 4.69) is 15.3 Å². The molecule has 0 radical (unpaired) electrons. The lowest BCUT2D eigenvalue weighted by Gasteiger charge is -2.24. The zero-order chi connectivity index (χ0) is 27.2. The van der Waals surface area contributed by atoms with Crippen LogP contribution >= 0.6 is 11.8 Å². The van der Waals surface area contributed by atoms with Gasteiger partial charge in [-0.3, -0.25) is 19.0 Å². The average molecular weight is 544 g/mol. The largest absolute Gasteiger partial charge is 0.463 e. The van der Waals surface area contributed by atoms with Gasteiger partial charge in [-0.25, -0.2) is 15.0 Å². The molecule has 13 heteroatoms. The van der Waals surface area contributed by atoms with Crippen LogP contribution in [0.15, 0.2) is 41.7 Å². The minimum Gasteiger partial charge on any atom is -0.463 e. The Morgan fingerprint density at radius 2 is 1.74 bits per heavy atom. The zero-order valence-corrected chi connectivity index (χ0v) is 22.3. The number of imidazole rings is 1. The second kappa shape index (κ2) is 12.2. The number of ether oxygens (including phenoxy) is 4. The van der Waals surface area contributed by atoms with Crippen LogP contribution in [0.25, 0.3) is 11.2 Å². The first kappa shape index (κ1) is 27.3. The van der Waals surface area contributed by atoms with Crippen LogP contribution in [0.2, 0.25) is 0 Å². The number of aromatic nitrogens is 4. The molecule has 1 aromatic carbocycles. The van der Waals surface area contributed by atoms with Crippen molar-refractivity contribution in [2.75, 3.05) is 18.5 Å². The van der Waals surface area contributed by atoms with Gasteiger partial charge in [0.25, 0.3) is 0 Å². The van der Waals surface area contributed by atoms with Crippen LogP contribution in [0, 0.1) is 0 Å². The Labute approximate surface area is 223 Å². The van der Waals surface area contributed by atoms with Crippen LogP contribution < -0.4 is 5.32 Å². The Kier molecular flexibility index (Phi) is 8.79. The van der Waals surface area contributed by atoms with Gasteiger partial charge in [0.05, 0.1) is 0 Å². The molecule has 2 aromatic heterocycles. The van der Waals surface area contributed by atoms with Gasteiger partial charge in [0.1, 0.15) is 29.6 Å². The Morgan fingerprint density at radius 1 is 1.03 bits per heavy atom. The zero-order valence-electron chi connectivity index (χ0n) is 21.4. The molecule has 0 aliphatic carbocycles. The number of hydrogen-bond donors (Lipinski definition) is 1. The van der Waals surface area contributed by atoms with E-state index < -0.39 is 42.4 Å². The molecule has 4 atom stereocenters. The molecule has 0 bridgehead atoms. The lowest BCUT2D eigenvalue weighted by molar-refractivity contribution is -0.166. The van der Waals surface area contributed by atoms with Gasteiger partial charge >= 0.3 is 17.9 Å². The number of nitrogens with zero attached hydrogens (tertiary/aromatic N) is 4. The minimum atomic E-state index is -1.07. The van der Waals surface area contributed by atoms with E-state index in [-0.39, 0.29) is 6.61 Å². The van der Waals surface area contributed by atoms with Crippen molar-refractivity contribution in [3.05, 3.63) is 42.2 Å². The second-order valence-electron chi connectivity index (χ2n) is 8.48. The molecule has 1 aliphatic heterocycles. The van der Waals surface area contributed by atoms with Gasteiger partial charge in [0.2, 0.25) is 5.95 Å². The van der Waals surface area contributed by atoms with Crippen LogP contribution in [0.1, 0.15) is 39.5 Å². The number of thioether (sulfide) groups is 1. The highest BCUT2D eigenvalue weighted by molar-refractivity contribution is 7.98. The highest BCUT2D eigenvalue weighted by atomic mass is 32.2. The topological polar surface area (TPSA) is 144 Å². The van der Waals surface area contributed by atoms with Crippen LogP contribution in [-0.4, -0.2) is 68.9 Å². The van der Waals surface area contributed by atoms with E-state index in [1.165, 1.54) is 38.9 Å². The normalized spacial score (nSPS) is 20.7. The van der Waals surface area contributed by atoms with Crippen molar-refractivity contribution >= 4 is 46.8 Å². The number of rotatable bonds is 10. The summed E-state index contributed by atoms with van der Waals surface area (Å²) < 4.78 is 24.1. The maximum atomic E-state index is 12.1. The molecule has 3 aromatic rings. The van der Waals surface area contributed by atoms with E-state index in [1.807, 2.05) is 37.3 Å². The van der Waals surface area contributed by atoms with Crippen molar-refractivity contribution in [2.24, 2.45) is 0 Å². The van der Waals surface area contributed by atoms with E-state index in [4.69, 9.17) is 23.9 Å².